The third-order valence-corrected chi connectivity index (χ3v) is 3.93. The SMILES string of the molecule is [2H]c1c([2H])c(C(=O)Nc2ncc3ccc(-c4cncn4C)cc3n2)c([2H])c([2H])c1Cl. The monoisotopic (exact) mass is 367 g/mol. The molecule has 6 nitrogen and oxygen atoms in total. The normalized spacial score (nSPS) is 13.0. The molecule has 7 heteroatoms. The second-order valence-corrected chi connectivity index (χ2v) is 5.88. The number of hydrogen-bond donors (Lipinski definition) is 1. The minimum atomic E-state index is -0.856. The van der Waals surface area contributed by atoms with Crippen LogP contribution in [-0.2, 0) is 7.05 Å². The topological polar surface area (TPSA) is 72.7 Å². The number of fused-ring (bicyclic) bond motifs is 1. The van der Waals surface area contributed by atoms with E-state index in [1.807, 2.05) is 29.8 Å². The summed E-state index contributed by atoms with van der Waals surface area (Å²) in [6.07, 6.45) is 4.96. The number of benzene rings is 2. The molecular weight excluding hydrogens is 350 g/mol. The lowest BCUT2D eigenvalue weighted by Gasteiger charge is -2.07. The molecule has 0 fully saturated rings. The third kappa shape index (κ3) is 3.14. The number of aromatic nitrogens is 4. The first-order valence-corrected chi connectivity index (χ1v) is 7.96. The van der Waals surface area contributed by atoms with E-state index in [4.69, 9.17) is 17.1 Å². The molecule has 2 aromatic heterocycles. The van der Waals surface area contributed by atoms with Crippen molar-refractivity contribution < 1.29 is 10.3 Å². The Hall–Kier alpha value is -3.25. The zero-order valence-corrected chi connectivity index (χ0v) is 14.3. The van der Waals surface area contributed by atoms with Crippen molar-refractivity contribution in [3.63, 3.8) is 0 Å². The standard InChI is InChI=1S/C19H14ClN5O/c1-25-11-21-10-17(25)13-2-3-14-9-22-19(23-16(14)8-13)24-18(26)12-4-6-15(20)7-5-12/h2-11H,1H3,(H,22,23,24,26)/i4D,5D,6D,7D. The van der Waals surface area contributed by atoms with Crippen LogP contribution in [0, 0.1) is 0 Å². The Kier molecular flexibility index (Phi) is 3.07. The summed E-state index contributed by atoms with van der Waals surface area (Å²) in [7, 11) is 1.88. The van der Waals surface area contributed by atoms with Gasteiger partial charge in [-0.15, -0.1) is 0 Å². The van der Waals surface area contributed by atoms with Crippen LogP contribution >= 0.6 is 11.6 Å². The van der Waals surface area contributed by atoms with Gasteiger partial charge in [0.25, 0.3) is 5.91 Å². The number of hydrogen-bond acceptors (Lipinski definition) is 4. The summed E-state index contributed by atoms with van der Waals surface area (Å²) < 4.78 is 33.3. The molecule has 26 heavy (non-hydrogen) atoms. The van der Waals surface area contributed by atoms with Gasteiger partial charge >= 0.3 is 0 Å². The largest absolute Gasteiger partial charge is 0.334 e. The molecule has 2 aromatic carbocycles. The van der Waals surface area contributed by atoms with Crippen molar-refractivity contribution in [1.82, 2.24) is 19.5 Å². The van der Waals surface area contributed by atoms with Crippen molar-refractivity contribution in [2.75, 3.05) is 5.32 Å². The molecule has 4 aromatic rings. The highest BCUT2D eigenvalue weighted by Gasteiger charge is 2.10. The number of carbonyl (C=O) groups excluding carboxylic acids is 1. The van der Waals surface area contributed by atoms with Gasteiger partial charge in [-0.2, -0.15) is 0 Å². The van der Waals surface area contributed by atoms with Crippen molar-refractivity contribution in [3.8, 4) is 11.3 Å². The van der Waals surface area contributed by atoms with Crippen molar-refractivity contribution >= 4 is 34.4 Å². The molecule has 1 amide bonds. The first-order valence-electron chi connectivity index (χ1n) is 9.58. The van der Waals surface area contributed by atoms with E-state index in [-0.39, 0.29) is 11.0 Å². The molecule has 0 bridgehead atoms. The maximum atomic E-state index is 12.7. The smallest absolute Gasteiger partial charge is 0.258 e. The Morgan fingerprint density at radius 3 is 2.77 bits per heavy atom. The molecule has 0 aliphatic rings. The van der Waals surface area contributed by atoms with Crippen LogP contribution in [0.15, 0.2) is 61.1 Å². The van der Waals surface area contributed by atoms with Crippen LogP contribution in [0.3, 0.4) is 0 Å². The summed E-state index contributed by atoms with van der Waals surface area (Å²) in [6, 6.07) is 3.58. The van der Waals surface area contributed by atoms with Gasteiger partial charge in [-0.1, -0.05) is 23.7 Å². The van der Waals surface area contributed by atoms with E-state index in [9.17, 15) is 4.79 Å². The van der Waals surface area contributed by atoms with Crippen LogP contribution in [-0.4, -0.2) is 25.4 Å². The molecule has 0 atom stereocenters. The Morgan fingerprint density at radius 1 is 1.23 bits per heavy atom. The van der Waals surface area contributed by atoms with Gasteiger partial charge < -0.3 is 4.57 Å². The molecule has 0 saturated carbocycles. The number of nitrogens with one attached hydrogen (secondary N) is 1. The van der Waals surface area contributed by atoms with Gasteiger partial charge in [0, 0.05) is 34.8 Å². The number of nitrogens with zero attached hydrogens (tertiary/aromatic N) is 4. The zero-order chi connectivity index (χ0) is 21.6. The van der Waals surface area contributed by atoms with Crippen LogP contribution in [0.2, 0.25) is 5.02 Å². The lowest BCUT2D eigenvalue weighted by Crippen LogP contribution is -2.14. The predicted molar refractivity (Wildman–Crippen MR) is 101 cm³/mol. The average Bonchev–Trinajstić information content (AvgIpc) is 3.16. The summed E-state index contributed by atoms with van der Waals surface area (Å²) in [5.74, 6) is -0.882. The van der Waals surface area contributed by atoms with Crippen LogP contribution < -0.4 is 5.32 Å². The quantitative estimate of drug-likeness (QED) is 0.595. The van der Waals surface area contributed by atoms with Gasteiger partial charge in [0.1, 0.15) is 0 Å². The minimum Gasteiger partial charge on any atom is -0.334 e. The summed E-state index contributed by atoms with van der Waals surface area (Å²) in [6.45, 7) is 0. The predicted octanol–water partition coefficient (Wildman–Crippen LogP) is 3.94. The number of anilines is 1. The highest BCUT2D eigenvalue weighted by atomic mass is 35.5. The Bertz CT molecular complexity index is 1300. The maximum absolute atomic E-state index is 12.7. The molecule has 0 spiro atoms. The van der Waals surface area contributed by atoms with Crippen molar-refractivity contribution in [3.05, 3.63) is 71.7 Å². The van der Waals surface area contributed by atoms with Crippen molar-refractivity contribution in [1.29, 1.82) is 0 Å². The fraction of sp³-hybridized carbons (Fsp3) is 0.0526. The number of halogens is 1. The van der Waals surface area contributed by atoms with Crippen molar-refractivity contribution in [2.45, 2.75) is 0 Å². The summed E-state index contributed by atoms with van der Waals surface area (Å²) in [4.78, 5) is 25.2. The maximum Gasteiger partial charge on any atom is 0.258 e. The second kappa shape index (κ2) is 6.57. The summed E-state index contributed by atoms with van der Waals surface area (Å²) in [5, 5.41) is 2.86. The lowest BCUT2D eigenvalue weighted by molar-refractivity contribution is 0.102. The van der Waals surface area contributed by atoms with Gasteiger partial charge in [-0.3, -0.25) is 10.1 Å². The fourth-order valence-corrected chi connectivity index (χ4v) is 2.55. The van der Waals surface area contributed by atoms with Gasteiger partial charge in [0.05, 0.1) is 29.2 Å². The Balaban J connectivity index is 1.71. The molecule has 0 aliphatic heterocycles. The summed E-state index contributed by atoms with van der Waals surface area (Å²) >= 11 is 5.78. The first kappa shape index (κ1) is 12.2. The van der Waals surface area contributed by atoms with E-state index in [0.29, 0.717) is 5.52 Å². The average molecular weight is 368 g/mol. The summed E-state index contributed by atoms with van der Waals surface area (Å²) in [5.41, 5.74) is 1.93. The van der Waals surface area contributed by atoms with E-state index < -0.39 is 35.6 Å². The van der Waals surface area contributed by atoms with Crippen LogP contribution in [0.1, 0.15) is 15.8 Å². The molecular formula is C19H14ClN5O. The van der Waals surface area contributed by atoms with E-state index in [2.05, 4.69) is 20.3 Å². The Morgan fingerprint density at radius 2 is 2.04 bits per heavy atom. The van der Waals surface area contributed by atoms with Gasteiger partial charge in [0.15, 0.2) is 0 Å². The molecule has 0 saturated heterocycles. The lowest BCUT2D eigenvalue weighted by atomic mass is 10.1. The number of rotatable bonds is 3. The number of imidazole rings is 1. The van der Waals surface area contributed by atoms with Crippen LogP contribution in [0.4, 0.5) is 5.95 Å². The molecule has 0 unspecified atom stereocenters. The van der Waals surface area contributed by atoms with E-state index >= 15 is 0 Å². The molecule has 0 aliphatic carbocycles. The highest BCUT2D eigenvalue weighted by molar-refractivity contribution is 6.30. The number of carbonyl (C=O) groups is 1. The molecule has 1 N–H and O–H groups in total. The van der Waals surface area contributed by atoms with Crippen molar-refractivity contribution in [2.24, 2.45) is 7.05 Å². The first-order chi connectivity index (χ1) is 14.3. The number of amides is 1. The van der Waals surface area contributed by atoms with Gasteiger partial charge in [-0.25, -0.2) is 15.0 Å². The van der Waals surface area contributed by atoms with E-state index in [0.717, 1.165) is 16.6 Å². The van der Waals surface area contributed by atoms with E-state index in [1.165, 1.54) is 0 Å². The Labute approximate surface area is 160 Å². The third-order valence-electron chi connectivity index (χ3n) is 3.74. The van der Waals surface area contributed by atoms with Crippen LogP contribution in [0.25, 0.3) is 22.2 Å². The highest BCUT2D eigenvalue weighted by Crippen LogP contribution is 2.23. The van der Waals surface area contributed by atoms with Crippen LogP contribution in [0.5, 0.6) is 0 Å². The van der Waals surface area contributed by atoms with E-state index in [1.54, 1.807) is 18.7 Å². The zero-order valence-electron chi connectivity index (χ0n) is 17.5. The second-order valence-electron chi connectivity index (χ2n) is 5.50. The molecule has 128 valence electrons. The van der Waals surface area contributed by atoms with Gasteiger partial charge in [0.2, 0.25) is 5.95 Å². The van der Waals surface area contributed by atoms with Gasteiger partial charge in [-0.05, 0) is 30.2 Å². The molecule has 4 rings (SSSR count). The molecule has 0 radical (unpaired) electrons. The fourth-order valence-electron chi connectivity index (χ4n) is 2.45. The number of aryl methyl sites for hydroxylation is 1. The minimum absolute atomic E-state index is 0.0264. The molecule has 2 heterocycles.